The SMILES string of the molecule is Cc1cc(N(C)C)cc([C@H]2CCN(Cc3cncs3)C2)n1. The van der Waals surface area contributed by atoms with E-state index >= 15 is 0 Å². The van der Waals surface area contributed by atoms with Gasteiger partial charge in [-0.25, -0.2) is 0 Å². The zero-order chi connectivity index (χ0) is 14.8. The van der Waals surface area contributed by atoms with Crippen molar-refractivity contribution in [2.75, 3.05) is 32.1 Å². The molecule has 3 rings (SSSR count). The summed E-state index contributed by atoms with van der Waals surface area (Å²) in [5.74, 6) is 0.552. The number of aromatic nitrogens is 2. The van der Waals surface area contributed by atoms with Crippen LogP contribution in [0.15, 0.2) is 23.8 Å². The van der Waals surface area contributed by atoms with Gasteiger partial charge in [-0.3, -0.25) is 14.9 Å². The van der Waals surface area contributed by atoms with E-state index in [0.29, 0.717) is 5.92 Å². The van der Waals surface area contributed by atoms with Crippen molar-refractivity contribution >= 4 is 17.0 Å². The van der Waals surface area contributed by atoms with E-state index in [1.165, 1.54) is 22.7 Å². The van der Waals surface area contributed by atoms with E-state index in [1.54, 1.807) is 11.3 Å². The van der Waals surface area contributed by atoms with Crippen LogP contribution in [-0.2, 0) is 6.54 Å². The van der Waals surface area contributed by atoms with Crippen molar-refractivity contribution in [3.63, 3.8) is 0 Å². The summed E-state index contributed by atoms with van der Waals surface area (Å²) in [7, 11) is 4.17. The van der Waals surface area contributed by atoms with Gasteiger partial charge >= 0.3 is 0 Å². The van der Waals surface area contributed by atoms with Crippen LogP contribution in [0.4, 0.5) is 5.69 Å². The van der Waals surface area contributed by atoms with Gasteiger partial charge in [0.25, 0.3) is 0 Å². The number of aryl methyl sites for hydroxylation is 1. The van der Waals surface area contributed by atoms with Crippen molar-refractivity contribution in [1.29, 1.82) is 0 Å². The Kier molecular flexibility index (Phi) is 4.22. The van der Waals surface area contributed by atoms with Crippen molar-refractivity contribution in [2.24, 2.45) is 0 Å². The van der Waals surface area contributed by atoms with Gasteiger partial charge in [0, 0.05) is 61.3 Å². The third kappa shape index (κ3) is 3.41. The second-order valence-corrected chi connectivity index (χ2v) is 6.95. The number of rotatable bonds is 4. The van der Waals surface area contributed by atoms with E-state index in [-0.39, 0.29) is 0 Å². The van der Waals surface area contributed by atoms with Crippen molar-refractivity contribution in [3.05, 3.63) is 40.1 Å². The summed E-state index contributed by atoms with van der Waals surface area (Å²) in [5, 5.41) is 0. The first-order valence-electron chi connectivity index (χ1n) is 7.37. The molecule has 0 spiro atoms. The predicted octanol–water partition coefficient (Wildman–Crippen LogP) is 2.90. The molecule has 1 aliphatic heterocycles. The molecule has 5 heteroatoms. The number of likely N-dealkylation sites (tertiary alicyclic amines) is 1. The lowest BCUT2D eigenvalue weighted by Gasteiger charge is -2.18. The first kappa shape index (κ1) is 14.5. The quantitative estimate of drug-likeness (QED) is 0.869. The Balaban J connectivity index is 1.71. The highest BCUT2D eigenvalue weighted by Gasteiger charge is 2.25. The molecular weight excluding hydrogens is 280 g/mol. The van der Waals surface area contributed by atoms with Gasteiger partial charge in [0.05, 0.1) is 5.51 Å². The standard InChI is InChI=1S/C16H22N4S/c1-12-6-14(19(2)3)7-16(18-12)13-4-5-20(9-13)10-15-8-17-11-21-15/h6-8,11,13H,4-5,9-10H2,1-3H3/t13-/m0/s1. The van der Waals surface area contributed by atoms with E-state index in [2.05, 4.69) is 47.9 Å². The molecule has 0 aromatic carbocycles. The van der Waals surface area contributed by atoms with Gasteiger partial charge in [-0.2, -0.15) is 0 Å². The normalized spacial score (nSPS) is 19.1. The highest BCUT2D eigenvalue weighted by Crippen LogP contribution is 2.29. The zero-order valence-electron chi connectivity index (χ0n) is 12.9. The summed E-state index contributed by atoms with van der Waals surface area (Å²) in [4.78, 5) is 14.9. The second kappa shape index (κ2) is 6.12. The Bertz CT molecular complexity index is 594. The Hall–Kier alpha value is -1.46. The first-order valence-corrected chi connectivity index (χ1v) is 8.25. The monoisotopic (exact) mass is 302 g/mol. The van der Waals surface area contributed by atoms with Crippen molar-refractivity contribution in [1.82, 2.24) is 14.9 Å². The lowest BCUT2D eigenvalue weighted by Crippen LogP contribution is -2.19. The van der Waals surface area contributed by atoms with Crippen LogP contribution in [0.5, 0.6) is 0 Å². The van der Waals surface area contributed by atoms with Crippen LogP contribution in [0.25, 0.3) is 0 Å². The minimum atomic E-state index is 0.552. The maximum absolute atomic E-state index is 4.77. The molecule has 3 heterocycles. The molecule has 2 aromatic heterocycles. The highest BCUT2D eigenvalue weighted by atomic mass is 32.1. The minimum absolute atomic E-state index is 0.552. The third-order valence-electron chi connectivity index (χ3n) is 4.03. The topological polar surface area (TPSA) is 32.3 Å². The van der Waals surface area contributed by atoms with Gasteiger partial charge in [-0.15, -0.1) is 11.3 Å². The Morgan fingerprint density at radius 2 is 2.24 bits per heavy atom. The van der Waals surface area contributed by atoms with E-state index in [1.807, 2.05) is 11.7 Å². The molecule has 0 bridgehead atoms. The molecule has 0 saturated carbocycles. The first-order chi connectivity index (χ1) is 10.1. The molecule has 0 aliphatic carbocycles. The maximum atomic E-state index is 4.77. The fourth-order valence-electron chi connectivity index (χ4n) is 2.90. The van der Waals surface area contributed by atoms with Crippen LogP contribution in [0.1, 0.15) is 28.6 Å². The molecule has 0 amide bonds. The summed E-state index contributed by atoms with van der Waals surface area (Å²) in [6.45, 7) is 5.35. The maximum Gasteiger partial charge on any atom is 0.0794 e. The summed E-state index contributed by atoms with van der Waals surface area (Å²) in [6, 6.07) is 4.39. The van der Waals surface area contributed by atoms with E-state index < -0.39 is 0 Å². The van der Waals surface area contributed by atoms with E-state index in [0.717, 1.165) is 25.3 Å². The average molecular weight is 302 g/mol. The molecular formula is C16H22N4S. The number of pyridine rings is 1. The number of anilines is 1. The smallest absolute Gasteiger partial charge is 0.0794 e. The zero-order valence-corrected chi connectivity index (χ0v) is 13.7. The van der Waals surface area contributed by atoms with Gasteiger partial charge in [0.15, 0.2) is 0 Å². The predicted molar refractivity (Wildman–Crippen MR) is 88.1 cm³/mol. The average Bonchev–Trinajstić information content (AvgIpc) is 3.10. The summed E-state index contributed by atoms with van der Waals surface area (Å²) < 4.78 is 0. The summed E-state index contributed by atoms with van der Waals surface area (Å²) in [6.07, 6.45) is 3.18. The number of hydrogen-bond donors (Lipinski definition) is 0. The largest absolute Gasteiger partial charge is 0.378 e. The molecule has 1 aliphatic rings. The molecule has 1 saturated heterocycles. The van der Waals surface area contributed by atoms with Gasteiger partial charge in [0.2, 0.25) is 0 Å². The lowest BCUT2D eigenvalue weighted by molar-refractivity contribution is 0.329. The van der Waals surface area contributed by atoms with Crippen molar-refractivity contribution in [2.45, 2.75) is 25.8 Å². The summed E-state index contributed by atoms with van der Waals surface area (Å²) >= 11 is 1.74. The van der Waals surface area contributed by atoms with Crippen LogP contribution in [0, 0.1) is 6.92 Å². The Morgan fingerprint density at radius 3 is 2.95 bits per heavy atom. The van der Waals surface area contributed by atoms with E-state index in [9.17, 15) is 0 Å². The van der Waals surface area contributed by atoms with Crippen LogP contribution in [0.3, 0.4) is 0 Å². The van der Waals surface area contributed by atoms with Gasteiger partial charge < -0.3 is 4.90 Å². The number of hydrogen-bond acceptors (Lipinski definition) is 5. The highest BCUT2D eigenvalue weighted by molar-refractivity contribution is 7.09. The van der Waals surface area contributed by atoms with Crippen LogP contribution in [0.2, 0.25) is 0 Å². The molecule has 0 unspecified atom stereocenters. The third-order valence-corrected chi connectivity index (χ3v) is 4.79. The van der Waals surface area contributed by atoms with E-state index in [4.69, 9.17) is 4.98 Å². The van der Waals surface area contributed by atoms with Crippen LogP contribution >= 0.6 is 11.3 Å². The molecule has 21 heavy (non-hydrogen) atoms. The molecule has 1 fully saturated rings. The summed E-state index contributed by atoms with van der Waals surface area (Å²) in [5.41, 5.74) is 5.51. The second-order valence-electron chi connectivity index (χ2n) is 5.97. The number of nitrogens with zero attached hydrogens (tertiary/aromatic N) is 4. The number of thiazole rings is 1. The molecule has 4 nitrogen and oxygen atoms in total. The molecule has 0 radical (unpaired) electrons. The molecule has 112 valence electrons. The van der Waals surface area contributed by atoms with Gasteiger partial charge in [-0.1, -0.05) is 0 Å². The van der Waals surface area contributed by atoms with Crippen LogP contribution in [-0.4, -0.2) is 42.1 Å². The Morgan fingerprint density at radius 1 is 1.38 bits per heavy atom. The van der Waals surface area contributed by atoms with Gasteiger partial charge in [0.1, 0.15) is 0 Å². The minimum Gasteiger partial charge on any atom is -0.378 e. The fourth-order valence-corrected chi connectivity index (χ4v) is 3.54. The fraction of sp³-hybridized carbons (Fsp3) is 0.500. The molecule has 0 N–H and O–H groups in total. The van der Waals surface area contributed by atoms with Crippen molar-refractivity contribution in [3.8, 4) is 0 Å². The van der Waals surface area contributed by atoms with Crippen molar-refractivity contribution < 1.29 is 0 Å². The Labute approximate surface area is 130 Å². The van der Waals surface area contributed by atoms with Crippen LogP contribution < -0.4 is 4.90 Å². The van der Waals surface area contributed by atoms with Gasteiger partial charge in [-0.05, 0) is 32.0 Å². The molecule has 2 aromatic rings. The lowest BCUT2D eigenvalue weighted by atomic mass is 10.0. The molecule has 1 atom stereocenters.